The maximum atomic E-state index is 13.4. The number of carboxylic acid groups (broad SMARTS) is 1. The first kappa shape index (κ1) is 23.1. The third kappa shape index (κ3) is 5.45. The maximum Gasteiger partial charge on any atom is 0.407 e. The van der Waals surface area contributed by atoms with Gasteiger partial charge in [-0.05, 0) is 55.5 Å². The highest BCUT2D eigenvalue weighted by molar-refractivity contribution is 6.12. The van der Waals surface area contributed by atoms with Crippen molar-refractivity contribution < 1.29 is 28.3 Å². The van der Waals surface area contributed by atoms with Gasteiger partial charge >= 0.3 is 6.09 Å². The molecule has 1 aliphatic rings. The highest BCUT2D eigenvalue weighted by Gasteiger charge is 2.25. The number of piperidine rings is 1. The van der Waals surface area contributed by atoms with Crippen LogP contribution in [-0.2, 0) is 0 Å². The average Bonchev–Trinajstić information content (AvgIpc) is 2.84. The summed E-state index contributed by atoms with van der Waals surface area (Å²) in [6, 6.07) is 11.4. The van der Waals surface area contributed by atoms with Gasteiger partial charge in [0.25, 0.3) is 5.88 Å². The number of carbonyl (C=O) groups is 1. The lowest BCUT2D eigenvalue weighted by Crippen LogP contribution is -2.41. The van der Waals surface area contributed by atoms with Gasteiger partial charge in [0.1, 0.15) is 29.8 Å². The van der Waals surface area contributed by atoms with E-state index in [-0.39, 0.29) is 12.0 Å². The van der Waals surface area contributed by atoms with Gasteiger partial charge in [0.2, 0.25) is 5.88 Å². The number of benzene rings is 2. The third-order valence-electron chi connectivity index (χ3n) is 5.44. The number of hydrogen-bond acceptors (Lipinski definition) is 6. The highest BCUT2D eigenvalue weighted by Crippen LogP contribution is 2.26. The van der Waals surface area contributed by atoms with Crippen molar-refractivity contribution in [2.75, 3.05) is 13.1 Å². The number of oxime groups is 1. The number of likely N-dealkylation sites (tertiary alicyclic amines) is 1. The van der Waals surface area contributed by atoms with Crippen LogP contribution in [0.15, 0.2) is 60.0 Å². The van der Waals surface area contributed by atoms with Crippen LogP contribution in [-0.4, -0.2) is 51.0 Å². The molecule has 3 aromatic rings. The minimum Gasteiger partial charge on any atom is -0.474 e. The number of amides is 1. The number of halogens is 2. The van der Waals surface area contributed by atoms with Gasteiger partial charge in [0.05, 0.1) is 5.56 Å². The summed E-state index contributed by atoms with van der Waals surface area (Å²) in [4.78, 5) is 26.4. The SMILES string of the molecule is Cc1c(ON=C(c2ccc(F)cc2)c2ccc(F)cc2)ncnc1OC1CCN(C(=O)O)CC1. The second-order valence-electron chi connectivity index (χ2n) is 7.74. The van der Waals surface area contributed by atoms with E-state index in [9.17, 15) is 13.6 Å². The van der Waals surface area contributed by atoms with Gasteiger partial charge in [-0.15, -0.1) is 0 Å². The summed E-state index contributed by atoms with van der Waals surface area (Å²) in [5, 5.41) is 13.3. The van der Waals surface area contributed by atoms with Crippen LogP contribution < -0.4 is 9.57 Å². The second kappa shape index (κ2) is 10.2. The lowest BCUT2D eigenvalue weighted by atomic mass is 10.0. The van der Waals surface area contributed by atoms with Crippen LogP contribution in [0.25, 0.3) is 0 Å². The zero-order chi connectivity index (χ0) is 24.1. The van der Waals surface area contributed by atoms with Gasteiger partial charge in [-0.25, -0.2) is 18.6 Å². The van der Waals surface area contributed by atoms with Crippen molar-refractivity contribution in [1.82, 2.24) is 14.9 Å². The van der Waals surface area contributed by atoms with E-state index in [2.05, 4.69) is 15.1 Å². The summed E-state index contributed by atoms with van der Waals surface area (Å²) >= 11 is 0. The van der Waals surface area contributed by atoms with Crippen molar-refractivity contribution in [3.63, 3.8) is 0 Å². The molecule has 0 unspecified atom stereocenters. The molecule has 1 aromatic heterocycles. The normalized spacial score (nSPS) is 13.9. The molecule has 1 amide bonds. The van der Waals surface area contributed by atoms with E-state index in [0.717, 1.165) is 0 Å². The highest BCUT2D eigenvalue weighted by atomic mass is 19.1. The maximum absolute atomic E-state index is 13.4. The topological polar surface area (TPSA) is 97.1 Å². The molecular formula is C24H22F2N4O4. The molecule has 0 aliphatic carbocycles. The monoisotopic (exact) mass is 468 g/mol. The molecule has 176 valence electrons. The number of rotatable bonds is 6. The van der Waals surface area contributed by atoms with E-state index in [1.54, 1.807) is 31.2 Å². The van der Waals surface area contributed by atoms with E-state index in [4.69, 9.17) is 14.7 Å². The molecule has 0 atom stereocenters. The van der Waals surface area contributed by atoms with Gasteiger partial charge < -0.3 is 19.6 Å². The Morgan fingerprint density at radius 3 is 2.03 bits per heavy atom. The Labute approximate surface area is 194 Å². The van der Waals surface area contributed by atoms with Crippen LogP contribution in [0.4, 0.5) is 13.6 Å². The molecule has 1 aliphatic heterocycles. The fourth-order valence-corrected chi connectivity index (χ4v) is 3.53. The molecule has 0 saturated carbocycles. The Morgan fingerprint density at radius 2 is 1.50 bits per heavy atom. The van der Waals surface area contributed by atoms with Crippen molar-refractivity contribution in [3.05, 3.63) is 83.2 Å². The van der Waals surface area contributed by atoms with Gasteiger partial charge in [-0.3, -0.25) is 0 Å². The molecule has 2 aromatic carbocycles. The first-order valence-electron chi connectivity index (χ1n) is 10.6. The molecule has 1 N–H and O–H groups in total. The molecule has 0 radical (unpaired) electrons. The van der Waals surface area contributed by atoms with Crippen LogP contribution in [0.2, 0.25) is 0 Å². The summed E-state index contributed by atoms with van der Waals surface area (Å²) in [6.07, 6.45) is 1.25. The van der Waals surface area contributed by atoms with E-state index < -0.39 is 17.7 Å². The third-order valence-corrected chi connectivity index (χ3v) is 5.44. The van der Waals surface area contributed by atoms with Crippen LogP contribution in [0.1, 0.15) is 29.5 Å². The second-order valence-corrected chi connectivity index (χ2v) is 7.74. The molecule has 2 heterocycles. The lowest BCUT2D eigenvalue weighted by Gasteiger charge is -2.30. The smallest absolute Gasteiger partial charge is 0.407 e. The van der Waals surface area contributed by atoms with Gasteiger partial charge in [-0.2, -0.15) is 4.98 Å². The molecular weight excluding hydrogens is 446 g/mol. The minimum absolute atomic E-state index is 0.162. The van der Waals surface area contributed by atoms with E-state index in [1.807, 2.05) is 0 Å². The van der Waals surface area contributed by atoms with Gasteiger partial charge in [0.15, 0.2) is 0 Å². The predicted octanol–water partition coefficient (Wildman–Crippen LogP) is 4.42. The first-order valence-corrected chi connectivity index (χ1v) is 10.6. The summed E-state index contributed by atoms with van der Waals surface area (Å²) in [5.41, 5.74) is 2.02. The van der Waals surface area contributed by atoms with E-state index in [0.29, 0.717) is 54.2 Å². The van der Waals surface area contributed by atoms with Crippen molar-refractivity contribution in [2.45, 2.75) is 25.9 Å². The quantitative estimate of drug-likeness (QED) is 0.425. The van der Waals surface area contributed by atoms with Crippen LogP contribution in [0.5, 0.6) is 11.8 Å². The molecule has 0 spiro atoms. The number of ether oxygens (including phenoxy) is 1. The van der Waals surface area contributed by atoms with Crippen LogP contribution >= 0.6 is 0 Å². The predicted molar refractivity (Wildman–Crippen MR) is 119 cm³/mol. The van der Waals surface area contributed by atoms with Gasteiger partial charge in [0, 0.05) is 37.1 Å². The summed E-state index contributed by atoms with van der Waals surface area (Å²) in [6.45, 7) is 2.50. The molecule has 8 nitrogen and oxygen atoms in total. The minimum atomic E-state index is -0.941. The number of hydrogen-bond donors (Lipinski definition) is 1. The average molecular weight is 468 g/mol. The molecule has 4 rings (SSSR count). The van der Waals surface area contributed by atoms with Crippen molar-refractivity contribution in [3.8, 4) is 11.8 Å². The molecule has 10 heteroatoms. The fraction of sp³-hybridized carbons (Fsp3) is 0.250. The van der Waals surface area contributed by atoms with Crippen LogP contribution in [0, 0.1) is 18.6 Å². The van der Waals surface area contributed by atoms with Crippen LogP contribution in [0.3, 0.4) is 0 Å². The largest absolute Gasteiger partial charge is 0.474 e. The van der Waals surface area contributed by atoms with Gasteiger partial charge in [-0.1, -0.05) is 5.16 Å². The zero-order valence-corrected chi connectivity index (χ0v) is 18.3. The van der Waals surface area contributed by atoms with Crippen molar-refractivity contribution in [1.29, 1.82) is 0 Å². The Bertz CT molecular complexity index is 1130. The summed E-state index contributed by atoms with van der Waals surface area (Å²) in [5.74, 6) is -0.315. The first-order chi connectivity index (χ1) is 16.4. The molecule has 34 heavy (non-hydrogen) atoms. The van der Waals surface area contributed by atoms with E-state index in [1.165, 1.54) is 35.5 Å². The Balaban J connectivity index is 1.55. The Morgan fingerprint density at radius 1 is 0.971 bits per heavy atom. The Hall–Kier alpha value is -4.08. The molecule has 1 fully saturated rings. The van der Waals surface area contributed by atoms with E-state index >= 15 is 0 Å². The number of nitrogens with zero attached hydrogens (tertiary/aromatic N) is 4. The van der Waals surface area contributed by atoms with Crippen molar-refractivity contribution in [2.24, 2.45) is 5.16 Å². The zero-order valence-electron chi connectivity index (χ0n) is 18.3. The lowest BCUT2D eigenvalue weighted by molar-refractivity contribution is 0.0863. The summed E-state index contributed by atoms with van der Waals surface area (Å²) in [7, 11) is 0. The molecule has 0 bridgehead atoms. The van der Waals surface area contributed by atoms with Crippen molar-refractivity contribution >= 4 is 11.8 Å². The molecule has 1 saturated heterocycles. The number of aromatic nitrogens is 2. The standard InChI is InChI=1S/C24H22F2N4O4/c1-15-22(33-20-10-12-30(13-11-20)24(31)32)27-14-28-23(15)34-29-21(16-2-6-18(25)7-3-16)17-4-8-19(26)9-5-17/h2-9,14,20H,10-13H2,1H3,(H,31,32). The Kier molecular flexibility index (Phi) is 6.95. The summed E-state index contributed by atoms with van der Waals surface area (Å²) < 4.78 is 32.8. The fourth-order valence-electron chi connectivity index (χ4n) is 3.53.